The number of hydrogen-bond donors (Lipinski definition) is 1. The van der Waals surface area contributed by atoms with Gasteiger partial charge >= 0.3 is 12.2 Å². The molecule has 5 atom stereocenters. The van der Waals surface area contributed by atoms with Gasteiger partial charge < -0.3 is 9.47 Å². The van der Waals surface area contributed by atoms with Crippen molar-refractivity contribution in [3.8, 4) is 0 Å². The van der Waals surface area contributed by atoms with Crippen LogP contribution in [0.5, 0.6) is 0 Å². The molecule has 2 fully saturated rings. The van der Waals surface area contributed by atoms with Gasteiger partial charge in [-0.3, -0.25) is 0 Å². The van der Waals surface area contributed by atoms with Gasteiger partial charge in [0.05, 0.1) is 6.04 Å². The van der Waals surface area contributed by atoms with Gasteiger partial charge in [-0.25, -0.2) is 20.0 Å². The van der Waals surface area contributed by atoms with Crippen molar-refractivity contribution in [1.82, 2.24) is 10.4 Å². The van der Waals surface area contributed by atoms with Crippen molar-refractivity contribution in [2.45, 2.75) is 101 Å². The van der Waals surface area contributed by atoms with E-state index < -0.39 is 12.2 Å². The number of carbonyl (C=O) groups excluding carboxylic acids is 2. The lowest BCUT2D eigenvalue weighted by Crippen LogP contribution is -2.53. The van der Waals surface area contributed by atoms with Crippen LogP contribution in [0.25, 0.3) is 0 Å². The van der Waals surface area contributed by atoms with Gasteiger partial charge in [0.25, 0.3) is 0 Å². The van der Waals surface area contributed by atoms with E-state index >= 15 is 0 Å². The van der Waals surface area contributed by atoms with Crippen molar-refractivity contribution in [2.24, 2.45) is 0 Å². The highest BCUT2D eigenvalue weighted by molar-refractivity contribution is 5.75. The van der Waals surface area contributed by atoms with Crippen LogP contribution in [0.4, 0.5) is 9.59 Å². The maximum Gasteiger partial charge on any atom is 0.429 e. The summed E-state index contributed by atoms with van der Waals surface area (Å²) in [5, 5.41) is 1.37. The lowest BCUT2D eigenvalue weighted by atomic mass is 9.81. The van der Waals surface area contributed by atoms with E-state index in [-0.39, 0.29) is 30.1 Å². The van der Waals surface area contributed by atoms with Crippen molar-refractivity contribution >= 4 is 12.2 Å². The van der Waals surface area contributed by atoms with E-state index in [9.17, 15) is 9.59 Å². The van der Waals surface area contributed by atoms with Gasteiger partial charge in [-0.05, 0) is 68.9 Å². The molecule has 2 aromatic rings. The molecule has 0 heterocycles. The summed E-state index contributed by atoms with van der Waals surface area (Å²) in [5.74, 6) is 0.331. The second-order valence-electron chi connectivity index (χ2n) is 10.9. The summed E-state index contributed by atoms with van der Waals surface area (Å²) in [4.78, 5) is 26.8. The molecule has 0 aromatic heterocycles. The van der Waals surface area contributed by atoms with Crippen molar-refractivity contribution < 1.29 is 19.1 Å². The van der Waals surface area contributed by atoms with E-state index in [4.69, 9.17) is 9.47 Å². The topological polar surface area (TPSA) is 67.9 Å². The number of carbonyl (C=O) groups is 2. The summed E-state index contributed by atoms with van der Waals surface area (Å²) >= 11 is 0. The van der Waals surface area contributed by atoms with Gasteiger partial charge in [0, 0.05) is 11.8 Å². The molecule has 0 aliphatic heterocycles. The van der Waals surface area contributed by atoms with Crippen LogP contribution in [0.2, 0.25) is 0 Å². The Labute approximate surface area is 226 Å². The van der Waals surface area contributed by atoms with Gasteiger partial charge in [-0.15, -0.1) is 0 Å². The van der Waals surface area contributed by atoms with Crippen molar-refractivity contribution in [2.75, 3.05) is 0 Å². The van der Waals surface area contributed by atoms with Gasteiger partial charge in [0.2, 0.25) is 0 Å². The number of nitrogens with zero attached hydrogens (tertiary/aromatic N) is 1. The predicted molar refractivity (Wildman–Crippen MR) is 148 cm³/mol. The van der Waals surface area contributed by atoms with Crippen LogP contribution in [-0.2, 0) is 9.47 Å². The molecule has 38 heavy (non-hydrogen) atoms. The minimum Gasteiger partial charge on any atom is -0.444 e. The highest BCUT2D eigenvalue weighted by atomic mass is 16.6. The molecule has 0 spiro atoms. The molecule has 2 saturated carbocycles. The fourth-order valence-electron chi connectivity index (χ4n) is 6.36. The third-order valence-electron chi connectivity index (χ3n) is 8.34. The van der Waals surface area contributed by atoms with Crippen LogP contribution in [-0.4, -0.2) is 35.4 Å². The maximum atomic E-state index is 13.6. The summed E-state index contributed by atoms with van der Waals surface area (Å²) in [6.45, 7) is 0. The fraction of sp³-hybridized carbons (Fsp3) is 0.500. The zero-order valence-corrected chi connectivity index (χ0v) is 22.2. The molecule has 6 nitrogen and oxygen atoms in total. The summed E-state index contributed by atoms with van der Waals surface area (Å²) in [6.07, 6.45) is 13.2. The SMILES string of the molecule is O=C(NN(C(=O)O[C@@H]1CCCC[C@H]1c1ccccc1)[C@H]1C=CCCC1)O[C@@H]1CCCC[C@H]1c1ccccc1. The van der Waals surface area contributed by atoms with Crippen molar-refractivity contribution in [3.05, 3.63) is 83.9 Å². The standard InChI is InChI=1S/C32H40N2O4/c35-31(37-29-22-12-10-20-27(29)24-14-4-1-5-15-24)33-34(26-18-8-3-9-19-26)32(36)38-30-23-13-11-21-28(30)25-16-6-2-7-17-25/h1-2,4-8,14-18,26-30H,3,9-13,19-23H2,(H,33,35)/t26-,27-,28-,29+,30+/m0/s1. The molecule has 1 N–H and O–H groups in total. The Morgan fingerprint density at radius 3 is 1.79 bits per heavy atom. The molecular formula is C32H40N2O4. The Morgan fingerprint density at radius 1 is 0.684 bits per heavy atom. The molecule has 3 aliphatic carbocycles. The van der Waals surface area contributed by atoms with E-state index in [1.54, 1.807) is 0 Å². The van der Waals surface area contributed by atoms with Crippen LogP contribution in [0.1, 0.15) is 93.6 Å². The number of hydrazine groups is 1. The lowest BCUT2D eigenvalue weighted by Gasteiger charge is -2.36. The van der Waals surface area contributed by atoms with Crippen LogP contribution in [0.15, 0.2) is 72.8 Å². The Balaban J connectivity index is 1.28. The first-order valence-corrected chi connectivity index (χ1v) is 14.4. The van der Waals surface area contributed by atoms with Gasteiger partial charge in [0.15, 0.2) is 0 Å². The Kier molecular flexibility index (Phi) is 9.00. The molecular weight excluding hydrogens is 476 g/mol. The summed E-state index contributed by atoms with van der Waals surface area (Å²) < 4.78 is 12.1. The number of allylic oxidation sites excluding steroid dienone is 1. The third kappa shape index (κ3) is 6.58. The first-order valence-electron chi connectivity index (χ1n) is 14.4. The lowest BCUT2D eigenvalue weighted by molar-refractivity contribution is 0.00404. The largest absolute Gasteiger partial charge is 0.444 e. The second kappa shape index (κ2) is 13.0. The molecule has 2 amide bonds. The Bertz CT molecular complexity index is 1070. The average molecular weight is 517 g/mol. The minimum atomic E-state index is -0.586. The summed E-state index contributed by atoms with van der Waals surface area (Å²) in [5.41, 5.74) is 5.19. The van der Waals surface area contributed by atoms with E-state index in [0.29, 0.717) is 0 Å². The highest BCUT2D eigenvalue weighted by Gasteiger charge is 2.35. The number of ether oxygens (including phenoxy) is 2. The Hall–Kier alpha value is -3.28. The number of amides is 2. The number of rotatable bonds is 5. The Morgan fingerprint density at radius 2 is 1.24 bits per heavy atom. The first-order chi connectivity index (χ1) is 18.7. The highest BCUT2D eigenvalue weighted by Crippen LogP contribution is 2.36. The zero-order chi connectivity index (χ0) is 26.2. The van der Waals surface area contributed by atoms with Crippen LogP contribution >= 0.6 is 0 Å². The van der Waals surface area contributed by atoms with Crippen LogP contribution in [0, 0.1) is 0 Å². The summed E-state index contributed by atoms with van der Waals surface area (Å²) in [7, 11) is 0. The molecule has 6 heteroatoms. The number of benzene rings is 2. The second-order valence-corrected chi connectivity index (χ2v) is 10.9. The third-order valence-corrected chi connectivity index (χ3v) is 8.34. The van der Waals surface area contributed by atoms with E-state index in [1.807, 2.05) is 42.5 Å². The van der Waals surface area contributed by atoms with E-state index in [1.165, 1.54) is 16.1 Å². The molecule has 0 unspecified atom stereocenters. The normalized spacial score (nSPS) is 27.2. The molecule has 2 aromatic carbocycles. The maximum absolute atomic E-state index is 13.6. The van der Waals surface area contributed by atoms with E-state index in [2.05, 4.69) is 35.8 Å². The number of hydrogen-bond acceptors (Lipinski definition) is 4. The quantitative estimate of drug-likeness (QED) is 0.328. The summed E-state index contributed by atoms with van der Waals surface area (Å²) in [6, 6.07) is 20.3. The first kappa shape index (κ1) is 26.3. The molecule has 5 rings (SSSR count). The molecule has 3 aliphatic rings. The smallest absolute Gasteiger partial charge is 0.429 e. The predicted octanol–water partition coefficient (Wildman–Crippen LogP) is 7.63. The van der Waals surface area contributed by atoms with E-state index in [0.717, 1.165) is 70.6 Å². The fourth-order valence-corrected chi connectivity index (χ4v) is 6.36. The van der Waals surface area contributed by atoms with Crippen molar-refractivity contribution in [1.29, 1.82) is 0 Å². The average Bonchev–Trinajstić information content (AvgIpc) is 2.98. The van der Waals surface area contributed by atoms with Gasteiger partial charge in [-0.1, -0.05) is 85.7 Å². The molecule has 202 valence electrons. The minimum absolute atomic E-state index is 0.165. The molecule has 0 bridgehead atoms. The van der Waals surface area contributed by atoms with Gasteiger partial charge in [-0.2, -0.15) is 0 Å². The van der Waals surface area contributed by atoms with Crippen LogP contribution < -0.4 is 5.43 Å². The van der Waals surface area contributed by atoms with Crippen molar-refractivity contribution in [3.63, 3.8) is 0 Å². The number of nitrogens with one attached hydrogen (secondary N) is 1. The molecule has 0 saturated heterocycles. The molecule has 0 radical (unpaired) electrons. The zero-order valence-electron chi connectivity index (χ0n) is 22.2. The van der Waals surface area contributed by atoms with Crippen LogP contribution in [0.3, 0.4) is 0 Å². The van der Waals surface area contributed by atoms with Gasteiger partial charge in [0.1, 0.15) is 12.2 Å². The monoisotopic (exact) mass is 516 g/mol.